The van der Waals surface area contributed by atoms with Crippen LogP contribution in [-0.4, -0.2) is 70.7 Å². The van der Waals surface area contributed by atoms with E-state index in [-0.39, 0.29) is 22.0 Å². The number of hydrogen-bond donors (Lipinski definition) is 0. The maximum Gasteiger partial charge on any atom is 0.183 e. The number of rotatable bonds is 4. The molecule has 2 heterocycles. The predicted octanol–water partition coefficient (Wildman–Crippen LogP) is 2.03. The largest absolute Gasteiger partial charge is 0.369 e. The summed E-state index contributed by atoms with van der Waals surface area (Å²) >= 11 is 0. The molecular formula is C21H24F2N2O4S2. The van der Waals surface area contributed by atoms with E-state index in [1.807, 2.05) is 4.90 Å². The van der Waals surface area contributed by atoms with Crippen LogP contribution in [0.2, 0.25) is 0 Å². The second kappa shape index (κ2) is 8.14. The molecule has 2 aromatic carbocycles. The zero-order valence-electron chi connectivity index (χ0n) is 17.0. The fourth-order valence-electron chi connectivity index (χ4n) is 4.37. The van der Waals surface area contributed by atoms with Gasteiger partial charge in [0.25, 0.3) is 0 Å². The standard InChI is InChI=1S/C21H24F2N2O4S2/c1-15-12-18(6-7-19(15)23)31(28,29)21-14-30(26,27)13-20(21)25-10-8-24(9-11-25)17-4-2-16(22)3-5-17/h2-7,12,20-21H,8-11,13-14H2,1H3. The average Bonchev–Trinajstić information content (AvgIpc) is 3.07. The first kappa shape index (κ1) is 22.2. The third kappa shape index (κ3) is 4.47. The number of benzene rings is 2. The van der Waals surface area contributed by atoms with Crippen LogP contribution in [0, 0.1) is 18.6 Å². The van der Waals surface area contributed by atoms with Gasteiger partial charge in [0.2, 0.25) is 0 Å². The number of aryl methyl sites for hydroxylation is 1. The van der Waals surface area contributed by atoms with Crippen LogP contribution in [0.25, 0.3) is 0 Å². The molecule has 0 amide bonds. The zero-order valence-corrected chi connectivity index (χ0v) is 18.7. The molecule has 4 rings (SSSR count). The van der Waals surface area contributed by atoms with Gasteiger partial charge in [-0.3, -0.25) is 4.90 Å². The van der Waals surface area contributed by atoms with E-state index >= 15 is 0 Å². The summed E-state index contributed by atoms with van der Waals surface area (Å²) in [6.45, 7) is 3.61. The van der Waals surface area contributed by atoms with Gasteiger partial charge < -0.3 is 4.90 Å². The van der Waals surface area contributed by atoms with Crippen LogP contribution >= 0.6 is 0 Å². The van der Waals surface area contributed by atoms with Crippen molar-refractivity contribution in [2.24, 2.45) is 0 Å². The summed E-state index contributed by atoms with van der Waals surface area (Å²) in [7, 11) is -7.48. The van der Waals surface area contributed by atoms with Gasteiger partial charge in [0.05, 0.1) is 21.7 Å². The quantitative estimate of drug-likeness (QED) is 0.637. The van der Waals surface area contributed by atoms with Crippen molar-refractivity contribution in [2.75, 3.05) is 42.6 Å². The van der Waals surface area contributed by atoms with Gasteiger partial charge in [0.1, 0.15) is 11.6 Å². The van der Waals surface area contributed by atoms with Gasteiger partial charge in [-0.2, -0.15) is 0 Å². The van der Waals surface area contributed by atoms with Gasteiger partial charge in [-0.25, -0.2) is 25.6 Å². The summed E-state index contributed by atoms with van der Waals surface area (Å²) in [5.74, 6) is -1.48. The molecule has 168 valence electrons. The van der Waals surface area contributed by atoms with Crippen molar-refractivity contribution < 1.29 is 25.6 Å². The summed E-state index contributed by atoms with van der Waals surface area (Å²) in [6.07, 6.45) is 0. The van der Waals surface area contributed by atoms with Gasteiger partial charge >= 0.3 is 0 Å². The van der Waals surface area contributed by atoms with E-state index in [0.717, 1.165) is 11.8 Å². The Bertz CT molecular complexity index is 1180. The van der Waals surface area contributed by atoms with Crippen LogP contribution in [0.1, 0.15) is 5.56 Å². The number of nitrogens with zero attached hydrogens (tertiary/aromatic N) is 2. The Labute approximate surface area is 181 Å². The Morgan fingerprint density at radius 3 is 2.19 bits per heavy atom. The smallest absolute Gasteiger partial charge is 0.183 e. The number of hydrogen-bond acceptors (Lipinski definition) is 6. The fraction of sp³-hybridized carbons (Fsp3) is 0.429. The predicted molar refractivity (Wildman–Crippen MR) is 115 cm³/mol. The highest BCUT2D eigenvalue weighted by molar-refractivity contribution is 7.96. The normalized spacial score (nSPS) is 24.4. The molecule has 2 aliphatic rings. The van der Waals surface area contributed by atoms with Gasteiger partial charge in [-0.15, -0.1) is 0 Å². The van der Waals surface area contributed by atoms with Crippen molar-refractivity contribution in [3.8, 4) is 0 Å². The third-order valence-corrected chi connectivity index (χ3v) is 10.2. The van der Waals surface area contributed by atoms with Crippen molar-refractivity contribution in [2.45, 2.75) is 23.1 Å². The lowest BCUT2D eigenvalue weighted by atomic mass is 10.1. The van der Waals surface area contributed by atoms with Crippen LogP contribution in [0.15, 0.2) is 47.4 Å². The van der Waals surface area contributed by atoms with Gasteiger partial charge in [0.15, 0.2) is 19.7 Å². The molecule has 0 aromatic heterocycles. The number of sulfone groups is 2. The fourth-order valence-corrected chi connectivity index (χ4v) is 9.28. The first-order valence-corrected chi connectivity index (χ1v) is 13.4. The molecule has 2 unspecified atom stereocenters. The van der Waals surface area contributed by atoms with Crippen molar-refractivity contribution >= 4 is 25.4 Å². The minimum atomic E-state index is -3.96. The molecule has 0 N–H and O–H groups in total. The molecule has 2 aromatic rings. The highest BCUT2D eigenvalue weighted by Gasteiger charge is 2.48. The monoisotopic (exact) mass is 470 g/mol. The van der Waals surface area contributed by atoms with Crippen molar-refractivity contribution in [3.05, 3.63) is 59.7 Å². The molecule has 0 saturated carbocycles. The second-order valence-electron chi connectivity index (χ2n) is 8.14. The van der Waals surface area contributed by atoms with Crippen LogP contribution in [-0.2, 0) is 19.7 Å². The molecule has 0 aliphatic carbocycles. The van der Waals surface area contributed by atoms with E-state index in [2.05, 4.69) is 4.90 Å². The first-order valence-electron chi connectivity index (χ1n) is 10.0. The zero-order chi connectivity index (χ0) is 22.4. The maximum absolute atomic E-state index is 13.6. The summed E-state index contributed by atoms with van der Waals surface area (Å²) in [5, 5.41) is -1.10. The lowest BCUT2D eigenvalue weighted by Gasteiger charge is -2.40. The first-order chi connectivity index (χ1) is 14.6. The topological polar surface area (TPSA) is 74.8 Å². The third-order valence-electron chi connectivity index (χ3n) is 6.10. The Balaban J connectivity index is 1.55. The van der Waals surface area contributed by atoms with E-state index in [4.69, 9.17) is 0 Å². The Morgan fingerprint density at radius 1 is 0.935 bits per heavy atom. The van der Waals surface area contributed by atoms with Crippen molar-refractivity contribution in [3.63, 3.8) is 0 Å². The molecule has 10 heteroatoms. The highest BCUT2D eigenvalue weighted by atomic mass is 32.2. The molecule has 2 saturated heterocycles. The number of halogens is 2. The lowest BCUT2D eigenvalue weighted by molar-refractivity contribution is 0.201. The van der Waals surface area contributed by atoms with Crippen LogP contribution in [0.3, 0.4) is 0 Å². The molecule has 0 radical (unpaired) electrons. The Morgan fingerprint density at radius 2 is 1.58 bits per heavy atom. The molecule has 6 nitrogen and oxygen atoms in total. The van der Waals surface area contributed by atoms with E-state index < -0.39 is 42.5 Å². The summed E-state index contributed by atoms with van der Waals surface area (Å²) in [6, 6.07) is 9.06. The Kier molecular flexibility index (Phi) is 5.82. The molecule has 2 atom stereocenters. The summed E-state index contributed by atoms with van der Waals surface area (Å²) < 4.78 is 78.2. The minimum absolute atomic E-state index is 0.0524. The molecule has 2 aliphatic heterocycles. The van der Waals surface area contributed by atoms with Crippen LogP contribution < -0.4 is 4.90 Å². The van der Waals surface area contributed by atoms with Crippen LogP contribution in [0.5, 0.6) is 0 Å². The van der Waals surface area contributed by atoms with E-state index in [0.29, 0.717) is 26.2 Å². The summed E-state index contributed by atoms with van der Waals surface area (Å²) in [5.41, 5.74) is 1.07. The molecule has 0 bridgehead atoms. The highest BCUT2D eigenvalue weighted by Crippen LogP contribution is 2.31. The molecule has 2 fully saturated rings. The van der Waals surface area contributed by atoms with Gasteiger partial charge in [-0.1, -0.05) is 0 Å². The van der Waals surface area contributed by atoms with Gasteiger partial charge in [0, 0.05) is 37.9 Å². The maximum atomic E-state index is 13.6. The number of anilines is 1. The van der Waals surface area contributed by atoms with Crippen molar-refractivity contribution in [1.29, 1.82) is 0 Å². The minimum Gasteiger partial charge on any atom is -0.369 e. The van der Waals surface area contributed by atoms with E-state index in [9.17, 15) is 25.6 Å². The molecule has 0 spiro atoms. The number of piperazine rings is 1. The average molecular weight is 471 g/mol. The van der Waals surface area contributed by atoms with E-state index in [1.165, 1.54) is 31.2 Å². The Hall–Kier alpha value is -2.04. The lowest BCUT2D eigenvalue weighted by Crippen LogP contribution is -2.55. The van der Waals surface area contributed by atoms with Crippen molar-refractivity contribution in [1.82, 2.24) is 4.90 Å². The second-order valence-corrected chi connectivity index (χ2v) is 12.5. The van der Waals surface area contributed by atoms with E-state index in [1.54, 1.807) is 12.1 Å². The summed E-state index contributed by atoms with van der Waals surface area (Å²) in [4.78, 5) is 3.93. The SMILES string of the molecule is Cc1cc(S(=O)(=O)C2CS(=O)(=O)CC2N2CCN(c3ccc(F)cc3)CC2)ccc1F. The van der Waals surface area contributed by atoms with Gasteiger partial charge in [-0.05, 0) is 55.0 Å². The molecular weight excluding hydrogens is 446 g/mol. The molecule has 31 heavy (non-hydrogen) atoms. The van der Waals surface area contributed by atoms with Crippen LogP contribution in [0.4, 0.5) is 14.5 Å².